The van der Waals surface area contributed by atoms with E-state index in [1.165, 1.54) is 4.90 Å². The number of aromatic nitrogens is 1. The van der Waals surface area contributed by atoms with Crippen LogP contribution in [0.25, 0.3) is 0 Å². The van der Waals surface area contributed by atoms with E-state index in [1.807, 2.05) is 0 Å². The van der Waals surface area contributed by atoms with Gasteiger partial charge in [0.05, 0.1) is 5.69 Å². The maximum atomic E-state index is 12.3. The van der Waals surface area contributed by atoms with Gasteiger partial charge >= 0.3 is 0 Å². The molecule has 1 unspecified atom stereocenters. The lowest BCUT2D eigenvalue weighted by atomic mass is 10.1. The quantitative estimate of drug-likeness (QED) is 0.551. The number of Topliss-reactive ketones (excluding diaryl/α,β-unsaturated/α-hetero) is 1. The van der Waals surface area contributed by atoms with E-state index in [9.17, 15) is 14.4 Å². The van der Waals surface area contributed by atoms with Crippen LogP contribution in [0.3, 0.4) is 0 Å². The summed E-state index contributed by atoms with van der Waals surface area (Å²) < 4.78 is 1.63. The standard InChI is InChI=1S/C14H18N4O3/c1-16-5-2-3-10(16)12(19)14(21)18-8-7-17-6-4-15-13(20)11(17)9-18/h2-3,5,11H,4,6-9H2,1H3,(H,15,20). The van der Waals surface area contributed by atoms with Gasteiger partial charge < -0.3 is 14.8 Å². The van der Waals surface area contributed by atoms with Crippen molar-refractivity contribution >= 4 is 17.6 Å². The van der Waals surface area contributed by atoms with Crippen LogP contribution in [0, 0.1) is 0 Å². The minimum Gasteiger partial charge on any atom is -0.353 e. The van der Waals surface area contributed by atoms with Crippen molar-refractivity contribution in [3.8, 4) is 0 Å². The highest BCUT2D eigenvalue weighted by Gasteiger charge is 2.38. The summed E-state index contributed by atoms with van der Waals surface area (Å²) in [4.78, 5) is 40.0. The lowest BCUT2D eigenvalue weighted by Gasteiger charge is -2.42. The number of amides is 2. The predicted octanol–water partition coefficient (Wildman–Crippen LogP) is -1.15. The van der Waals surface area contributed by atoms with Crippen molar-refractivity contribution < 1.29 is 14.4 Å². The molecule has 0 spiro atoms. The van der Waals surface area contributed by atoms with Gasteiger partial charge in [0.2, 0.25) is 5.91 Å². The number of nitrogens with zero attached hydrogens (tertiary/aromatic N) is 3. The monoisotopic (exact) mass is 290 g/mol. The van der Waals surface area contributed by atoms with Crippen molar-refractivity contribution in [2.45, 2.75) is 6.04 Å². The lowest BCUT2D eigenvalue weighted by molar-refractivity contribution is -0.137. The maximum Gasteiger partial charge on any atom is 0.296 e. The van der Waals surface area contributed by atoms with Crippen molar-refractivity contribution in [2.75, 3.05) is 32.7 Å². The summed E-state index contributed by atoms with van der Waals surface area (Å²) in [5, 5.41) is 2.80. The van der Waals surface area contributed by atoms with Crippen LogP contribution in [0.4, 0.5) is 0 Å². The molecule has 2 saturated heterocycles. The number of hydrogen-bond donors (Lipinski definition) is 1. The average Bonchev–Trinajstić information content (AvgIpc) is 2.92. The number of carbonyl (C=O) groups is 3. The topological polar surface area (TPSA) is 74.7 Å². The van der Waals surface area contributed by atoms with Crippen LogP contribution < -0.4 is 5.32 Å². The molecule has 7 nitrogen and oxygen atoms in total. The van der Waals surface area contributed by atoms with Gasteiger partial charge in [-0.3, -0.25) is 19.3 Å². The normalized spacial score (nSPS) is 22.6. The number of ketones is 1. The molecule has 0 radical (unpaired) electrons. The molecule has 21 heavy (non-hydrogen) atoms. The Balaban J connectivity index is 1.72. The molecular weight excluding hydrogens is 272 g/mol. The fraction of sp³-hybridized carbons (Fsp3) is 0.500. The summed E-state index contributed by atoms with van der Waals surface area (Å²) in [6.07, 6.45) is 1.73. The van der Waals surface area contributed by atoms with Crippen LogP contribution in [-0.2, 0) is 16.6 Å². The molecule has 3 heterocycles. The predicted molar refractivity (Wildman–Crippen MR) is 74.7 cm³/mol. The van der Waals surface area contributed by atoms with Crippen LogP contribution in [0.1, 0.15) is 10.5 Å². The second-order valence-electron chi connectivity index (χ2n) is 5.43. The number of nitrogens with one attached hydrogen (secondary N) is 1. The first-order valence-electron chi connectivity index (χ1n) is 7.04. The van der Waals surface area contributed by atoms with Crippen LogP contribution in [0.5, 0.6) is 0 Å². The van der Waals surface area contributed by atoms with Gasteiger partial charge in [-0.1, -0.05) is 0 Å². The Kier molecular flexibility index (Phi) is 3.50. The molecule has 2 amide bonds. The van der Waals surface area contributed by atoms with Crippen molar-refractivity contribution in [1.29, 1.82) is 0 Å². The molecule has 1 aromatic heterocycles. The Hall–Kier alpha value is -2.15. The number of rotatable bonds is 2. The van der Waals surface area contributed by atoms with E-state index in [-0.39, 0.29) is 18.5 Å². The fourth-order valence-corrected chi connectivity index (χ4v) is 2.91. The molecule has 0 aliphatic carbocycles. The van der Waals surface area contributed by atoms with Crippen molar-refractivity contribution in [3.63, 3.8) is 0 Å². The van der Waals surface area contributed by atoms with E-state index in [0.29, 0.717) is 25.3 Å². The molecule has 0 saturated carbocycles. The molecule has 7 heteroatoms. The Labute approximate surface area is 122 Å². The highest BCUT2D eigenvalue weighted by molar-refractivity contribution is 6.42. The van der Waals surface area contributed by atoms with E-state index in [0.717, 1.165) is 6.54 Å². The SMILES string of the molecule is Cn1cccc1C(=O)C(=O)N1CCN2CCNC(=O)C2C1. The number of hydrogen-bond acceptors (Lipinski definition) is 4. The largest absolute Gasteiger partial charge is 0.353 e. The third-order valence-electron chi connectivity index (χ3n) is 4.15. The van der Waals surface area contributed by atoms with Gasteiger partial charge in [-0.15, -0.1) is 0 Å². The number of piperazine rings is 2. The number of fused-ring (bicyclic) bond motifs is 1. The molecule has 112 valence electrons. The van der Waals surface area contributed by atoms with Crippen molar-refractivity contribution in [2.24, 2.45) is 7.05 Å². The Bertz CT molecular complexity index is 595. The first-order valence-corrected chi connectivity index (χ1v) is 7.04. The van der Waals surface area contributed by atoms with Gasteiger partial charge in [-0.2, -0.15) is 0 Å². The summed E-state index contributed by atoms with van der Waals surface area (Å²) in [5.41, 5.74) is 0.371. The van der Waals surface area contributed by atoms with Crippen molar-refractivity contribution in [3.05, 3.63) is 24.0 Å². The zero-order chi connectivity index (χ0) is 15.0. The van der Waals surface area contributed by atoms with E-state index < -0.39 is 11.7 Å². The molecule has 2 aliphatic rings. The van der Waals surface area contributed by atoms with Gasteiger partial charge in [0.15, 0.2) is 0 Å². The lowest BCUT2D eigenvalue weighted by Crippen LogP contribution is -2.65. The molecule has 2 aliphatic heterocycles. The average molecular weight is 290 g/mol. The van der Waals surface area contributed by atoms with Gasteiger partial charge in [0.1, 0.15) is 6.04 Å². The maximum absolute atomic E-state index is 12.3. The highest BCUT2D eigenvalue weighted by Crippen LogP contribution is 2.14. The molecule has 2 fully saturated rings. The van der Waals surface area contributed by atoms with Crippen molar-refractivity contribution in [1.82, 2.24) is 19.7 Å². The van der Waals surface area contributed by atoms with E-state index in [2.05, 4.69) is 10.2 Å². The molecule has 0 aromatic carbocycles. The van der Waals surface area contributed by atoms with E-state index in [1.54, 1.807) is 29.9 Å². The summed E-state index contributed by atoms with van der Waals surface area (Å²) in [7, 11) is 1.73. The fourth-order valence-electron chi connectivity index (χ4n) is 2.91. The zero-order valence-corrected chi connectivity index (χ0v) is 11.9. The summed E-state index contributed by atoms with van der Waals surface area (Å²) in [5.74, 6) is -1.12. The third kappa shape index (κ3) is 2.44. The second-order valence-corrected chi connectivity index (χ2v) is 5.43. The van der Waals surface area contributed by atoms with Gasteiger partial charge in [0, 0.05) is 46.0 Å². The molecule has 1 aromatic rings. The smallest absolute Gasteiger partial charge is 0.296 e. The van der Waals surface area contributed by atoms with Gasteiger partial charge in [0.25, 0.3) is 11.7 Å². The van der Waals surface area contributed by atoms with Crippen LogP contribution >= 0.6 is 0 Å². The molecule has 1 N–H and O–H groups in total. The third-order valence-corrected chi connectivity index (χ3v) is 4.15. The minimum atomic E-state index is -0.533. The molecular formula is C14H18N4O3. The molecule has 1 atom stereocenters. The molecule has 3 rings (SSSR count). The van der Waals surface area contributed by atoms with Crippen LogP contribution in [-0.4, -0.2) is 70.7 Å². The summed E-state index contributed by atoms with van der Waals surface area (Å²) in [6, 6.07) is 3.02. The Morgan fingerprint density at radius 1 is 1.29 bits per heavy atom. The Morgan fingerprint density at radius 3 is 2.81 bits per heavy atom. The summed E-state index contributed by atoms with van der Waals surface area (Å²) >= 11 is 0. The first kappa shape index (κ1) is 13.8. The second kappa shape index (κ2) is 5.33. The van der Waals surface area contributed by atoms with Gasteiger partial charge in [-0.25, -0.2) is 0 Å². The summed E-state index contributed by atoms with van der Waals surface area (Å²) in [6.45, 7) is 2.83. The van der Waals surface area contributed by atoms with E-state index in [4.69, 9.17) is 0 Å². The first-order chi connectivity index (χ1) is 10.1. The highest BCUT2D eigenvalue weighted by atomic mass is 16.2. The number of aryl methyl sites for hydroxylation is 1. The molecule has 0 bridgehead atoms. The van der Waals surface area contributed by atoms with E-state index >= 15 is 0 Å². The minimum absolute atomic E-state index is 0.0648. The number of carbonyl (C=O) groups excluding carboxylic acids is 3. The van der Waals surface area contributed by atoms with Crippen LogP contribution in [0.2, 0.25) is 0 Å². The Morgan fingerprint density at radius 2 is 2.10 bits per heavy atom. The van der Waals surface area contributed by atoms with Crippen LogP contribution in [0.15, 0.2) is 18.3 Å². The zero-order valence-electron chi connectivity index (χ0n) is 11.9. The van der Waals surface area contributed by atoms with Gasteiger partial charge in [-0.05, 0) is 12.1 Å².